The van der Waals surface area contributed by atoms with Gasteiger partial charge in [0.2, 0.25) is 0 Å². The van der Waals surface area contributed by atoms with Crippen molar-refractivity contribution in [3.05, 3.63) is 58.8 Å². The Bertz CT molecular complexity index is 1330. The first-order valence-electron chi connectivity index (χ1n) is 11.5. The second-order valence-corrected chi connectivity index (χ2v) is 9.95. The van der Waals surface area contributed by atoms with Crippen molar-refractivity contribution in [2.24, 2.45) is 0 Å². The van der Waals surface area contributed by atoms with Crippen LogP contribution in [0.2, 0.25) is 0 Å². The lowest BCUT2D eigenvalue weighted by atomic mass is 9.95. The molecule has 3 aromatic rings. The molecule has 1 amide bonds. The van der Waals surface area contributed by atoms with Gasteiger partial charge < -0.3 is 19.2 Å². The highest BCUT2D eigenvalue weighted by atomic mass is 35.5. The van der Waals surface area contributed by atoms with E-state index in [0.717, 1.165) is 12.7 Å². The molecule has 0 fully saturated rings. The zero-order chi connectivity index (χ0) is 27.1. The fraction of sp³-hybridized carbons (Fsp3) is 0.385. The number of hydrogen-bond acceptors (Lipinski definition) is 5. The predicted molar refractivity (Wildman–Crippen MR) is 132 cm³/mol. The minimum absolute atomic E-state index is 0.0151. The van der Waals surface area contributed by atoms with Crippen molar-refractivity contribution in [1.82, 2.24) is 4.98 Å². The molecular formula is C26H26ClF3N2O5. The van der Waals surface area contributed by atoms with Crippen molar-refractivity contribution in [3.63, 3.8) is 0 Å². The first kappa shape index (κ1) is 26.7. The Morgan fingerprint density at radius 2 is 1.84 bits per heavy atom. The van der Waals surface area contributed by atoms with Crippen LogP contribution in [0.15, 0.2) is 36.4 Å². The molecule has 1 unspecified atom stereocenters. The van der Waals surface area contributed by atoms with Gasteiger partial charge in [-0.05, 0) is 31.9 Å². The number of fused-ring (bicyclic) bond motifs is 3. The van der Waals surface area contributed by atoms with E-state index in [1.54, 1.807) is 45.0 Å². The van der Waals surface area contributed by atoms with Crippen molar-refractivity contribution in [2.75, 3.05) is 24.4 Å². The summed E-state index contributed by atoms with van der Waals surface area (Å²) in [6.45, 7) is 5.20. The van der Waals surface area contributed by atoms with Crippen LogP contribution in [0.4, 0.5) is 23.7 Å². The molecule has 2 heterocycles. The monoisotopic (exact) mass is 538 g/mol. The van der Waals surface area contributed by atoms with Gasteiger partial charge >= 0.3 is 18.2 Å². The third-order valence-electron chi connectivity index (χ3n) is 5.87. The lowest BCUT2D eigenvalue weighted by molar-refractivity contribution is -0.141. The minimum Gasteiger partial charge on any atom is -0.487 e. The van der Waals surface area contributed by atoms with Gasteiger partial charge in [-0.3, -0.25) is 4.90 Å². The number of hydrogen-bond donors (Lipinski definition) is 1. The normalized spacial score (nSPS) is 15.6. The molecule has 0 saturated carbocycles. The Kier molecular flexibility index (Phi) is 7.07. The SMILES string of the molecule is COC(=O)c1c(C(F)(F)F)[nH]c2c(OCc3ccccc3)cc3c(c12)C(CCl)CN3C(=O)OC(C)(C)C. The number of nitrogens with zero attached hydrogens (tertiary/aromatic N) is 1. The standard InChI is InChI=1S/C26H26ClF3N2O5/c1-25(2,3)37-24(34)32-12-15(11-27)18-16(32)10-17(36-13-14-8-6-5-7-9-14)21-19(18)20(23(33)35-4)22(31-21)26(28,29)30/h5-10,15,31H,11-13H2,1-4H3. The lowest BCUT2D eigenvalue weighted by Gasteiger charge is -2.25. The average Bonchev–Trinajstić information content (AvgIpc) is 3.40. The second kappa shape index (κ2) is 9.81. The van der Waals surface area contributed by atoms with Crippen LogP contribution in [0.25, 0.3) is 10.9 Å². The Labute approximate surface area is 216 Å². The number of rotatable bonds is 5. The number of H-pyrrole nitrogens is 1. The van der Waals surface area contributed by atoms with Gasteiger partial charge in [0.15, 0.2) is 0 Å². The molecule has 0 aliphatic carbocycles. The number of methoxy groups -OCH3 is 1. The van der Waals surface area contributed by atoms with Crippen LogP contribution in [0.5, 0.6) is 5.75 Å². The number of halogens is 4. The number of ether oxygens (including phenoxy) is 3. The van der Waals surface area contributed by atoms with Gasteiger partial charge in [0.05, 0.1) is 23.9 Å². The van der Waals surface area contributed by atoms with Crippen LogP contribution < -0.4 is 9.64 Å². The molecule has 1 aliphatic rings. The van der Waals surface area contributed by atoms with Crippen LogP contribution in [-0.2, 0) is 22.3 Å². The quantitative estimate of drug-likeness (QED) is 0.291. The zero-order valence-corrected chi connectivity index (χ0v) is 21.4. The molecule has 0 radical (unpaired) electrons. The third kappa shape index (κ3) is 5.20. The highest BCUT2D eigenvalue weighted by Gasteiger charge is 2.44. The first-order chi connectivity index (χ1) is 17.4. The number of anilines is 1. The smallest absolute Gasteiger partial charge is 0.432 e. The van der Waals surface area contributed by atoms with Gasteiger partial charge in [-0.15, -0.1) is 11.6 Å². The Morgan fingerprint density at radius 1 is 1.16 bits per heavy atom. The summed E-state index contributed by atoms with van der Waals surface area (Å²) in [5, 5.41) is -0.0450. The number of carbonyl (C=O) groups excluding carboxylic acids is 2. The third-order valence-corrected chi connectivity index (χ3v) is 6.24. The lowest BCUT2D eigenvalue weighted by Crippen LogP contribution is -2.36. The molecule has 1 aliphatic heterocycles. The molecule has 1 N–H and O–H groups in total. The maximum atomic E-state index is 14.1. The largest absolute Gasteiger partial charge is 0.487 e. The summed E-state index contributed by atoms with van der Waals surface area (Å²) in [4.78, 5) is 29.5. The minimum atomic E-state index is -4.90. The number of alkyl halides is 4. The fourth-order valence-corrected chi connectivity index (χ4v) is 4.64. The van der Waals surface area contributed by atoms with E-state index in [-0.39, 0.29) is 41.4 Å². The van der Waals surface area contributed by atoms with Gasteiger partial charge in [-0.25, -0.2) is 9.59 Å². The number of aromatic nitrogens is 1. The van der Waals surface area contributed by atoms with Crippen molar-refractivity contribution < 1.29 is 37.0 Å². The van der Waals surface area contributed by atoms with Crippen LogP contribution in [-0.4, -0.2) is 42.2 Å². The summed E-state index contributed by atoms with van der Waals surface area (Å²) in [6, 6.07) is 10.5. The van der Waals surface area contributed by atoms with E-state index in [4.69, 9.17) is 25.8 Å². The molecule has 37 heavy (non-hydrogen) atoms. The second-order valence-electron chi connectivity index (χ2n) is 9.64. The molecule has 11 heteroatoms. The molecule has 0 spiro atoms. The van der Waals surface area contributed by atoms with E-state index in [1.165, 1.54) is 11.0 Å². The Hall–Kier alpha value is -3.40. The molecule has 1 aromatic heterocycles. The van der Waals surface area contributed by atoms with E-state index in [2.05, 4.69) is 4.98 Å². The van der Waals surface area contributed by atoms with E-state index >= 15 is 0 Å². The number of aromatic amines is 1. The Balaban J connectivity index is 1.99. The predicted octanol–water partition coefficient (Wildman–Crippen LogP) is 6.63. The summed E-state index contributed by atoms with van der Waals surface area (Å²) in [5.74, 6) is -1.74. The highest BCUT2D eigenvalue weighted by Crippen LogP contribution is 2.49. The van der Waals surface area contributed by atoms with E-state index in [9.17, 15) is 22.8 Å². The van der Waals surface area contributed by atoms with Gasteiger partial charge in [0.25, 0.3) is 0 Å². The van der Waals surface area contributed by atoms with Crippen LogP contribution in [0.3, 0.4) is 0 Å². The van der Waals surface area contributed by atoms with Crippen LogP contribution in [0.1, 0.15) is 53.9 Å². The van der Waals surface area contributed by atoms with E-state index in [0.29, 0.717) is 5.56 Å². The molecule has 7 nitrogen and oxygen atoms in total. The number of carbonyl (C=O) groups is 2. The van der Waals surface area contributed by atoms with Gasteiger partial charge in [0.1, 0.15) is 23.7 Å². The molecular weight excluding hydrogens is 513 g/mol. The molecule has 4 rings (SSSR count). The summed E-state index contributed by atoms with van der Waals surface area (Å²) in [7, 11) is 1.00. The maximum absolute atomic E-state index is 14.1. The topological polar surface area (TPSA) is 80.9 Å². The molecule has 0 bridgehead atoms. The molecule has 1 atom stereocenters. The number of amides is 1. The zero-order valence-electron chi connectivity index (χ0n) is 20.7. The maximum Gasteiger partial charge on any atom is 0.432 e. The highest BCUT2D eigenvalue weighted by molar-refractivity contribution is 6.19. The molecule has 0 saturated heterocycles. The van der Waals surface area contributed by atoms with Gasteiger partial charge in [0, 0.05) is 29.8 Å². The van der Waals surface area contributed by atoms with E-state index < -0.39 is 41.0 Å². The van der Waals surface area contributed by atoms with Crippen molar-refractivity contribution in [3.8, 4) is 5.75 Å². The van der Waals surface area contributed by atoms with Crippen LogP contribution >= 0.6 is 11.6 Å². The number of benzene rings is 2. The number of esters is 1. The average molecular weight is 539 g/mol. The van der Waals surface area contributed by atoms with Crippen molar-refractivity contribution >= 4 is 40.3 Å². The van der Waals surface area contributed by atoms with Gasteiger partial charge in [-0.1, -0.05) is 30.3 Å². The van der Waals surface area contributed by atoms with Crippen LogP contribution in [0, 0.1) is 0 Å². The number of nitrogens with one attached hydrogen (secondary N) is 1. The van der Waals surface area contributed by atoms with Gasteiger partial charge in [-0.2, -0.15) is 13.2 Å². The van der Waals surface area contributed by atoms with Crippen molar-refractivity contribution in [1.29, 1.82) is 0 Å². The summed E-state index contributed by atoms with van der Waals surface area (Å²) >= 11 is 6.22. The summed E-state index contributed by atoms with van der Waals surface area (Å²) in [6.07, 6.45) is -5.59. The molecule has 198 valence electrons. The summed E-state index contributed by atoms with van der Waals surface area (Å²) in [5.41, 5.74) is -1.47. The van der Waals surface area contributed by atoms with Crippen molar-refractivity contribution in [2.45, 2.75) is 45.1 Å². The van der Waals surface area contributed by atoms with E-state index in [1.807, 2.05) is 6.07 Å². The molecule has 2 aromatic carbocycles. The first-order valence-corrected chi connectivity index (χ1v) is 12.0. The Morgan fingerprint density at radius 3 is 2.41 bits per heavy atom. The summed E-state index contributed by atoms with van der Waals surface area (Å²) < 4.78 is 58.5. The fourth-order valence-electron chi connectivity index (χ4n) is 4.39.